The lowest BCUT2D eigenvalue weighted by atomic mass is 9.94. The van der Waals surface area contributed by atoms with Gasteiger partial charge in [-0.1, -0.05) is 6.42 Å². The summed E-state index contributed by atoms with van der Waals surface area (Å²) in [5.41, 5.74) is -0.941. The predicted octanol–water partition coefficient (Wildman–Crippen LogP) is 3.94. The smallest absolute Gasteiger partial charge is 0.389 e. The van der Waals surface area contributed by atoms with Gasteiger partial charge in [0.25, 0.3) is 0 Å². The third-order valence-electron chi connectivity index (χ3n) is 5.77. The van der Waals surface area contributed by atoms with Crippen molar-refractivity contribution >= 4 is 17.6 Å². The van der Waals surface area contributed by atoms with Crippen molar-refractivity contribution in [2.24, 2.45) is 11.8 Å². The maximum absolute atomic E-state index is 14.0. The average Bonchev–Trinajstić information content (AvgIpc) is 3.19. The molecule has 1 saturated heterocycles. The molecule has 2 fully saturated rings. The number of likely N-dealkylation sites (tertiary alicyclic amines) is 1. The minimum absolute atomic E-state index is 0.0546. The topological polar surface area (TPSA) is 69.6 Å². The molecule has 1 saturated carbocycles. The number of carboxylic acid groups (broad SMARTS) is 1. The summed E-state index contributed by atoms with van der Waals surface area (Å²) in [7, 11) is 0. The Morgan fingerprint density at radius 2 is 1.80 bits per heavy atom. The van der Waals surface area contributed by atoms with Gasteiger partial charge in [0.15, 0.2) is 11.6 Å². The highest BCUT2D eigenvalue weighted by atomic mass is 19.4. The molecule has 1 aliphatic carbocycles. The normalized spacial score (nSPS) is 24.6. The lowest BCUT2D eigenvalue weighted by molar-refractivity contribution is -0.151. The van der Waals surface area contributed by atoms with Gasteiger partial charge in [0, 0.05) is 25.1 Å². The number of alkyl halides is 3. The second kappa shape index (κ2) is 8.35. The number of aliphatic carboxylic acids is 1. The van der Waals surface area contributed by atoms with E-state index in [-0.39, 0.29) is 18.4 Å². The van der Waals surface area contributed by atoms with Crippen molar-refractivity contribution in [3.63, 3.8) is 0 Å². The number of fused-ring (bicyclic) bond motifs is 1. The van der Waals surface area contributed by atoms with Crippen molar-refractivity contribution in [2.45, 2.75) is 50.4 Å². The zero-order valence-electron chi connectivity index (χ0n) is 15.7. The van der Waals surface area contributed by atoms with Gasteiger partial charge in [-0.3, -0.25) is 4.79 Å². The fraction of sp³-hybridized carbons (Fsp3) is 0.579. The summed E-state index contributed by atoms with van der Waals surface area (Å²) in [6.07, 6.45) is -4.87. The number of benzene rings is 1. The first-order valence-corrected chi connectivity index (χ1v) is 9.49. The van der Waals surface area contributed by atoms with Gasteiger partial charge in [-0.2, -0.15) is 13.2 Å². The van der Waals surface area contributed by atoms with Crippen LogP contribution in [0.1, 0.15) is 32.1 Å². The lowest BCUT2D eigenvalue weighted by Gasteiger charge is -2.30. The number of nitrogens with zero attached hydrogens (tertiary/aromatic N) is 1. The van der Waals surface area contributed by atoms with E-state index in [9.17, 15) is 41.0 Å². The average molecular weight is 438 g/mol. The van der Waals surface area contributed by atoms with E-state index in [2.05, 4.69) is 5.32 Å². The first-order chi connectivity index (χ1) is 14.0. The van der Waals surface area contributed by atoms with Crippen LogP contribution >= 0.6 is 0 Å². The molecule has 0 unspecified atom stereocenters. The van der Waals surface area contributed by atoms with Crippen molar-refractivity contribution in [3.8, 4) is 0 Å². The van der Waals surface area contributed by atoms with Gasteiger partial charge in [0.2, 0.25) is 5.91 Å². The van der Waals surface area contributed by atoms with Crippen LogP contribution in [0.4, 0.5) is 32.0 Å². The summed E-state index contributed by atoms with van der Waals surface area (Å²) in [4.78, 5) is 25.8. The Kier molecular flexibility index (Phi) is 6.19. The van der Waals surface area contributed by atoms with E-state index in [4.69, 9.17) is 0 Å². The van der Waals surface area contributed by atoms with Crippen molar-refractivity contribution in [3.05, 3.63) is 29.6 Å². The number of anilines is 1. The molecule has 3 rings (SSSR count). The third kappa shape index (κ3) is 4.65. The Morgan fingerprint density at radius 1 is 1.17 bits per heavy atom. The molecule has 0 radical (unpaired) electrons. The predicted molar refractivity (Wildman–Crippen MR) is 93.0 cm³/mol. The van der Waals surface area contributed by atoms with E-state index in [0.29, 0.717) is 25.0 Å². The van der Waals surface area contributed by atoms with E-state index >= 15 is 0 Å². The molecule has 166 valence electrons. The summed E-state index contributed by atoms with van der Waals surface area (Å²) in [5.74, 6) is -6.70. The molecule has 0 bridgehead atoms. The molecular formula is C19H20F6N2O3. The SMILES string of the molecule is O=C(O)[C@@H]1[C@H]2CCC[C@H]2CN1C(=O)[C@@H](CCC(F)(F)F)Nc1c(F)cc(F)cc1F. The van der Waals surface area contributed by atoms with Crippen molar-refractivity contribution < 1.29 is 41.0 Å². The monoisotopic (exact) mass is 438 g/mol. The van der Waals surface area contributed by atoms with Crippen LogP contribution in [0, 0.1) is 29.3 Å². The van der Waals surface area contributed by atoms with Crippen molar-refractivity contribution in [1.82, 2.24) is 4.90 Å². The minimum atomic E-state index is -4.65. The van der Waals surface area contributed by atoms with Crippen molar-refractivity contribution in [2.75, 3.05) is 11.9 Å². The Balaban J connectivity index is 1.88. The van der Waals surface area contributed by atoms with E-state index in [1.807, 2.05) is 0 Å². The molecule has 2 N–H and O–H groups in total. The highest BCUT2D eigenvalue weighted by molar-refractivity contribution is 5.89. The number of carbonyl (C=O) groups excluding carboxylic acids is 1. The fourth-order valence-corrected chi connectivity index (χ4v) is 4.47. The number of nitrogens with one attached hydrogen (secondary N) is 1. The van der Waals surface area contributed by atoms with Crippen LogP contribution in [0.2, 0.25) is 0 Å². The van der Waals surface area contributed by atoms with Crippen LogP contribution in [0.25, 0.3) is 0 Å². The highest BCUT2D eigenvalue weighted by Gasteiger charge is 2.50. The van der Waals surface area contributed by atoms with Gasteiger partial charge in [0.1, 0.15) is 23.6 Å². The summed E-state index contributed by atoms with van der Waals surface area (Å²) in [5, 5.41) is 11.7. The number of rotatable bonds is 6. The Morgan fingerprint density at radius 3 is 2.37 bits per heavy atom. The highest BCUT2D eigenvalue weighted by Crippen LogP contribution is 2.43. The van der Waals surface area contributed by atoms with Crippen LogP contribution in [-0.2, 0) is 9.59 Å². The quantitative estimate of drug-likeness (QED) is 0.661. The number of hydrogen-bond acceptors (Lipinski definition) is 3. The van der Waals surface area contributed by atoms with E-state index in [1.165, 1.54) is 0 Å². The number of amides is 1. The van der Waals surface area contributed by atoms with E-state index in [1.54, 1.807) is 0 Å². The maximum atomic E-state index is 14.0. The van der Waals surface area contributed by atoms with Gasteiger partial charge in [-0.25, -0.2) is 18.0 Å². The zero-order chi connectivity index (χ0) is 22.2. The van der Waals surface area contributed by atoms with Crippen LogP contribution < -0.4 is 5.32 Å². The number of carboxylic acids is 1. The standard InChI is InChI=1S/C19H20F6N2O3/c20-10-6-12(21)15(13(22)7-10)26-14(4-5-19(23,24)25)17(28)27-8-9-2-1-3-11(9)16(27)18(29)30/h6-7,9,11,14,16,26H,1-5,8H2,(H,29,30)/t9-,11-,14+,16-/m0/s1. The summed E-state index contributed by atoms with van der Waals surface area (Å²) >= 11 is 0. The molecule has 30 heavy (non-hydrogen) atoms. The van der Waals surface area contributed by atoms with Gasteiger partial charge >= 0.3 is 12.1 Å². The summed E-state index contributed by atoms with van der Waals surface area (Å²) in [6, 6.07) is -2.28. The Labute approximate surface area is 168 Å². The second-order valence-corrected chi connectivity index (χ2v) is 7.72. The second-order valence-electron chi connectivity index (χ2n) is 7.72. The molecule has 1 aromatic carbocycles. The van der Waals surface area contributed by atoms with Crippen molar-refractivity contribution in [1.29, 1.82) is 0 Å². The zero-order valence-corrected chi connectivity index (χ0v) is 15.7. The summed E-state index contributed by atoms with van der Waals surface area (Å²) in [6.45, 7) is 0.0546. The molecule has 0 aromatic heterocycles. The van der Waals surface area contributed by atoms with Gasteiger partial charge in [-0.15, -0.1) is 0 Å². The van der Waals surface area contributed by atoms with Gasteiger partial charge in [0.05, 0.1) is 0 Å². The number of hydrogen-bond donors (Lipinski definition) is 2. The molecule has 5 nitrogen and oxygen atoms in total. The first kappa shape index (κ1) is 22.2. The molecule has 1 heterocycles. The lowest BCUT2D eigenvalue weighted by Crippen LogP contribution is -2.49. The molecule has 1 amide bonds. The fourth-order valence-electron chi connectivity index (χ4n) is 4.47. The third-order valence-corrected chi connectivity index (χ3v) is 5.77. The Bertz CT molecular complexity index is 808. The van der Waals surface area contributed by atoms with E-state index < -0.39 is 66.1 Å². The molecule has 2 aliphatic rings. The number of carbonyl (C=O) groups is 2. The molecule has 0 spiro atoms. The molecular weight excluding hydrogens is 418 g/mol. The first-order valence-electron chi connectivity index (χ1n) is 9.49. The maximum Gasteiger partial charge on any atom is 0.389 e. The summed E-state index contributed by atoms with van der Waals surface area (Å²) < 4.78 is 79.4. The molecule has 11 heteroatoms. The van der Waals surface area contributed by atoms with E-state index in [0.717, 1.165) is 11.3 Å². The van der Waals surface area contributed by atoms with Crippen LogP contribution in [-0.4, -0.2) is 46.7 Å². The minimum Gasteiger partial charge on any atom is -0.480 e. The molecule has 4 atom stereocenters. The molecule has 1 aromatic rings. The molecule has 1 aliphatic heterocycles. The van der Waals surface area contributed by atoms with Gasteiger partial charge < -0.3 is 15.3 Å². The van der Waals surface area contributed by atoms with Crippen LogP contribution in [0.3, 0.4) is 0 Å². The van der Waals surface area contributed by atoms with Crippen LogP contribution in [0.15, 0.2) is 12.1 Å². The number of halogens is 6. The van der Waals surface area contributed by atoms with Gasteiger partial charge in [-0.05, 0) is 31.1 Å². The van der Waals surface area contributed by atoms with Crippen LogP contribution in [0.5, 0.6) is 0 Å². The largest absolute Gasteiger partial charge is 0.480 e. The Hall–Kier alpha value is -2.46.